The number of ether oxygens (including phenoxy) is 1. The Morgan fingerprint density at radius 2 is 2.00 bits per heavy atom. The number of carbonyl (C=O) groups is 1. The van der Waals surface area contributed by atoms with E-state index in [0.29, 0.717) is 12.1 Å². The lowest BCUT2D eigenvalue weighted by atomic mass is 10.1. The monoisotopic (exact) mass is 281 g/mol. The van der Waals surface area contributed by atoms with Gasteiger partial charge in [-0.3, -0.25) is 10.1 Å². The van der Waals surface area contributed by atoms with Gasteiger partial charge in [0.25, 0.3) is 0 Å². The van der Waals surface area contributed by atoms with Crippen LogP contribution in [0.25, 0.3) is 0 Å². The molecule has 1 atom stereocenters. The van der Waals surface area contributed by atoms with E-state index in [0.717, 1.165) is 0 Å². The Labute approximate surface area is 103 Å². The number of alkyl halides is 2. The van der Waals surface area contributed by atoms with Crippen LogP contribution in [0.4, 0.5) is 18.9 Å². The van der Waals surface area contributed by atoms with Gasteiger partial charge in [0.15, 0.2) is 11.9 Å². The fourth-order valence-corrected chi connectivity index (χ4v) is 1.24. The first-order valence-electron chi connectivity index (χ1n) is 4.57. The van der Waals surface area contributed by atoms with E-state index in [2.05, 4.69) is 4.74 Å². The van der Waals surface area contributed by atoms with Crippen LogP contribution >= 0.6 is 0 Å². The van der Waals surface area contributed by atoms with Gasteiger partial charge >= 0.3 is 18.3 Å². The molecule has 19 heavy (non-hydrogen) atoms. The first-order chi connectivity index (χ1) is 8.73. The molecule has 0 aliphatic rings. The van der Waals surface area contributed by atoms with Crippen LogP contribution in [-0.4, -0.2) is 27.7 Å². The van der Waals surface area contributed by atoms with Crippen LogP contribution < -0.4 is 4.74 Å². The number of halogens is 3. The number of carboxylic acids is 1. The Balaban J connectivity index is 3.37. The van der Waals surface area contributed by atoms with E-state index >= 15 is 0 Å². The van der Waals surface area contributed by atoms with Gasteiger partial charge in [-0.05, 0) is 6.07 Å². The summed E-state index contributed by atoms with van der Waals surface area (Å²) in [4.78, 5) is 19.8. The predicted octanol–water partition coefficient (Wildman–Crippen LogP) is 1.45. The second-order valence-electron chi connectivity index (χ2n) is 3.23. The van der Waals surface area contributed by atoms with Gasteiger partial charge in [-0.25, -0.2) is 9.18 Å². The molecule has 10 heteroatoms. The number of hydrogen-bond acceptors (Lipinski definition) is 5. The molecule has 0 amide bonds. The van der Waals surface area contributed by atoms with Crippen molar-refractivity contribution in [3.05, 3.63) is 33.6 Å². The highest BCUT2D eigenvalue weighted by Gasteiger charge is 2.28. The zero-order valence-corrected chi connectivity index (χ0v) is 8.92. The topological polar surface area (TPSA) is 110 Å². The molecule has 0 spiro atoms. The molecule has 104 valence electrons. The molecular formula is C9H6F3NO6. The molecule has 0 radical (unpaired) electrons. The molecule has 7 nitrogen and oxygen atoms in total. The summed E-state index contributed by atoms with van der Waals surface area (Å²) < 4.78 is 41.0. The summed E-state index contributed by atoms with van der Waals surface area (Å²) in [6, 6.07) is 0.809. The highest BCUT2D eigenvalue weighted by molar-refractivity contribution is 5.74. The normalized spacial score (nSPS) is 12.3. The van der Waals surface area contributed by atoms with Gasteiger partial charge in [0.05, 0.1) is 4.92 Å². The summed E-state index contributed by atoms with van der Waals surface area (Å²) in [5.41, 5.74) is -1.88. The van der Waals surface area contributed by atoms with Crippen molar-refractivity contribution in [2.45, 2.75) is 12.7 Å². The lowest BCUT2D eigenvalue weighted by Gasteiger charge is -2.10. The third-order valence-electron chi connectivity index (χ3n) is 2.00. The van der Waals surface area contributed by atoms with Crippen LogP contribution in [0.5, 0.6) is 5.75 Å². The number of nitro benzene ring substituents is 1. The van der Waals surface area contributed by atoms with Gasteiger partial charge in [0.2, 0.25) is 5.75 Å². The fourth-order valence-electron chi connectivity index (χ4n) is 1.24. The first-order valence-corrected chi connectivity index (χ1v) is 4.57. The average Bonchev–Trinajstić information content (AvgIpc) is 2.29. The molecule has 2 N–H and O–H groups in total. The standard InChI is InChI=1S/C9H6F3NO6/c10-4-1-3(6(14)8(15)16)2-5(13(17)18)7(4)19-9(11)12/h1-2,6,9,14H,(H,15,16). The lowest BCUT2D eigenvalue weighted by Crippen LogP contribution is -2.12. The minimum absolute atomic E-state index is 0.365. The minimum Gasteiger partial charge on any atom is -0.479 e. The predicted molar refractivity (Wildman–Crippen MR) is 52.3 cm³/mol. The van der Waals surface area contributed by atoms with E-state index in [-0.39, 0.29) is 0 Å². The summed E-state index contributed by atoms with van der Waals surface area (Å²) >= 11 is 0. The lowest BCUT2D eigenvalue weighted by molar-refractivity contribution is -0.386. The molecule has 0 saturated carbocycles. The van der Waals surface area contributed by atoms with Crippen molar-refractivity contribution < 1.29 is 37.8 Å². The fraction of sp³-hybridized carbons (Fsp3) is 0.222. The number of nitro groups is 1. The molecule has 0 aliphatic heterocycles. The SMILES string of the molecule is O=C(O)C(O)c1cc(F)c(OC(F)F)c([N+](=O)[O-])c1. The van der Waals surface area contributed by atoms with E-state index in [9.17, 15) is 28.1 Å². The van der Waals surface area contributed by atoms with Crippen molar-refractivity contribution in [1.82, 2.24) is 0 Å². The van der Waals surface area contributed by atoms with Gasteiger partial charge in [-0.15, -0.1) is 0 Å². The van der Waals surface area contributed by atoms with E-state index in [1.165, 1.54) is 0 Å². The van der Waals surface area contributed by atoms with E-state index < -0.39 is 46.4 Å². The number of benzene rings is 1. The van der Waals surface area contributed by atoms with Gasteiger partial charge in [0.1, 0.15) is 0 Å². The molecule has 0 fully saturated rings. The van der Waals surface area contributed by atoms with Gasteiger partial charge < -0.3 is 14.9 Å². The Bertz CT molecular complexity index is 521. The Kier molecular flexibility index (Phi) is 4.27. The van der Waals surface area contributed by atoms with Crippen molar-refractivity contribution in [2.24, 2.45) is 0 Å². The maximum atomic E-state index is 13.4. The van der Waals surface area contributed by atoms with Gasteiger partial charge in [-0.2, -0.15) is 8.78 Å². The summed E-state index contributed by atoms with van der Waals surface area (Å²) in [5.74, 6) is -4.69. The molecule has 1 aromatic rings. The molecule has 1 aromatic carbocycles. The third-order valence-corrected chi connectivity index (χ3v) is 2.00. The number of aliphatic hydroxyl groups is 1. The zero-order valence-electron chi connectivity index (χ0n) is 8.92. The molecule has 0 bridgehead atoms. The highest BCUT2D eigenvalue weighted by Crippen LogP contribution is 2.34. The Hall–Kier alpha value is -2.36. The van der Waals surface area contributed by atoms with Crippen LogP contribution in [0, 0.1) is 15.9 Å². The van der Waals surface area contributed by atoms with E-state index in [1.807, 2.05) is 0 Å². The molecule has 0 aromatic heterocycles. The summed E-state index contributed by atoms with van der Waals surface area (Å²) in [7, 11) is 0. The summed E-state index contributed by atoms with van der Waals surface area (Å²) in [6.07, 6.45) is -2.23. The molecule has 1 unspecified atom stereocenters. The number of aliphatic carboxylic acids is 1. The maximum absolute atomic E-state index is 13.4. The second-order valence-corrected chi connectivity index (χ2v) is 3.23. The van der Waals surface area contributed by atoms with E-state index in [1.54, 1.807) is 0 Å². The molecule has 0 aliphatic carbocycles. The molecule has 1 rings (SSSR count). The van der Waals surface area contributed by atoms with Gasteiger partial charge in [-0.1, -0.05) is 0 Å². The average molecular weight is 281 g/mol. The molecule has 0 heterocycles. The summed E-state index contributed by atoms with van der Waals surface area (Å²) in [5, 5.41) is 28.2. The van der Waals surface area contributed by atoms with Gasteiger partial charge in [0, 0.05) is 11.6 Å². The number of hydrogen-bond donors (Lipinski definition) is 2. The van der Waals surface area contributed by atoms with Crippen molar-refractivity contribution in [3.63, 3.8) is 0 Å². The summed E-state index contributed by atoms with van der Waals surface area (Å²) in [6.45, 7) is -3.50. The third kappa shape index (κ3) is 3.31. The van der Waals surface area contributed by atoms with Crippen LogP contribution in [-0.2, 0) is 4.79 Å². The number of rotatable bonds is 5. The Morgan fingerprint density at radius 1 is 1.42 bits per heavy atom. The second kappa shape index (κ2) is 5.52. The van der Waals surface area contributed by atoms with Crippen molar-refractivity contribution >= 4 is 11.7 Å². The largest absolute Gasteiger partial charge is 0.479 e. The first kappa shape index (κ1) is 14.7. The Morgan fingerprint density at radius 3 is 2.42 bits per heavy atom. The van der Waals surface area contributed by atoms with Crippen molar-refractivity contribution in [3.8, 4) is 5.75 Å². The van der Waals surface area contributed by atoms with Crippen LogP contribution in [0.1, 0.15) is 11.7 Å². The van der Waals surface area contributed by atoms with Crippen LogP contribution in [0.3, 0.4) is 0 Å². The van der Waals surface area contributed by atoms with Crippen LogP contribution in [0.15, 0.2) is 12.1 Å². The zero-order chi connectivity index (χ0) is 14.7. The highest BCUT2D eigenvalue weighted by atomic mass is 19.3. The van der Waals surface area contributed by atoms with Crippen molar-refractivity contribution in [2.75, 3.05) is 0 Å². The van der Waals surface area contributed by atoms with Crippen molar-refractivity contribution in [1.29, 1.82) is 0 Å². The van der Waals surface area contributed by atoms with E-state index in [4.69, 9.17) is 10.2 Å². The quantitative estimate of drug-likeness (QED) is 0.624. The van der Waals surface area contributed by atoms with Crippen LogP contribution in [0.2, 0.25) is 0 Å². The number of aliphatic hydroxyl groups excluding tert-OH is 1. The molecule has 0 saturated heterocycles. The number of carboxylic acid groups (broad SMARTS) is 1. The molecular weight excluding hydrogens is 275 g/mol. The maximum Gasteiger partial charge on any atom is 0.387 e. The smallest absolute Gasteiger partial charge is 0.387 e. The number of nitrogens with zero attached hydrogens (tertiary/aromatic N) is 1. The minimum atomic E-state index is -3.50.